The predicted molar refractivity (Wildman–Crippen MR) is 83.8 cm³/mol. The molecule has 1 fully saturated rings. The molecule has 0 aromatic heterocycles. The van der Waals surface area contributed by atoms with Gasteiger partial charge in [0.15, 0.2) is 0 Å². The van der Waals surface area contributed by atoms with E-state index in [0.717, 1.165) is 18.8 Å². The summed E-state index contributed by atoms with van der Waals surface area (Å²) in [4.78, 5) is 13.9. The molecule has 0 aliphatic heterocycles. The van der Waals surface area contributed by atoms with Crippen molar-refractivity contribution in [2.75, 3.05) is 7.05 Å². The van der Waals surface area contributed by atoms with E-state index in [1.807, 2.05) is 27.8 Å². The maximum Gasteiger partial charge on any atom is 0.410 e. The summed E-state index contributed by atoms with van der Waals surface area (Å²) in [5.41, 5.74) is 0.00332. The number of carbonyl (C=O) groups excluding carboxylic acids is 1. The van der Waals surface area contributed by atoms with E-state index in [0.29, 0.717) is 11.5 Å². The fourth-order valence-corrected chi connectivity index (χ4v) is 3.09. The monoisotopic (exact) mass is 283 g/mol. The van der Waals surface area contributed by atoms with Gasteiger partial charge in [0, 0.05) is 13.1 Å². The van der Waals surface area contributed by atoms with Gasteiger partial charge in [-0.05, 0) is 64.2 Å². The normalized spacial score (nSPS) is 24.4. The average Bonchev–Trinajstić information content (AvgIpc) is 2.24. The van der Waals surface area contributed by atoms with E-state index in [9.17, 15) is 4.79 Å². The maximum atomic E-state index is 12.1. The van der Waals surface area contributed by atoms with Gasteiger partial charge in [0.1, 0.15) is 5.60 Å². The third-order valence-corrected chi connectivity index (χ3v) is 3.95. The lowest BCUT2D eigenvalue weighted by Gasteiger charge is -2.37. The third-order valence-electron chi connectivity index (χ3n) is 3.95. The number of rotatable bonds is 2. The van der Waals surface area contributed by atoms with Gasteiger partial charge in [-0.25, -0.2) is 4.79 Å². The van der Waals surface area contributed by atoms with Crippen molar-refractivity contribution in [3.63, 3.8) is 0 Å². The summed E-state index contributed by atoms with van der Waals surface area (Å²) >= 11 is 0. The molecule has 20 heavy (non-hydrogen) atoms. The second kappa shape index (κ2) is 6.36. The first-order valence-corrected chi connectivity index (χ1v) is 7.94. The Balaban J connectivity index is 2.43. The Morgan fingerprint density at radius 1 is 1.05 bits per heavy atom. The highest BCUT2D eigenvalue weighted by Gasteiger charge is 2.30. The number of amides is 1. The van der Waals surface area contributed by atoms with Gasteiger partial charge in [0.2, 0.25) is 0 Å². The summed E-state index contributed by atoms with van der Waals surface area (Å²) in [5.74, 6) is 0.818. The lowest BCUT2D eigenvalue weighted by Crippen LogP contribution is -2.42. The molecule has 3 nitrogen and oxygen atoms in total. The lowest BCUT2D eigenvalue weighted by molar-refractivity contribution is 0.0164. The van der Waals surface area contributed by atoms with Crippen LogP contribution in [0, 0.1) is 11.3 Å². The van der Waals surface area contributed by atoms with E-state index < -0.39 is 5.60 Å². The van der Waals surface area contributed by atoms with Crippen molar-refractivity contribution in [2.24, 2.45) is 11.3 Å². The van der Waals surface area contributed by atoms with Crippen molar-refractivity contribution in [3.05, 3.63) is 0 Å². The minimum atomic E-state index is -0.408. The zero-order valence-corrected chi connectivity index (χ0v) is 14.5. The van der Waals surface area contributed by atoms with E-state index in [1.165, 1.54) is 19.3 Å². The van der Waals surface area contributed by atoms with Gasteiger partial charge in [0.05, 0.1) is 0 Å². The Morgan fingerprint density at radius 3 is 1.95 bits per heavy atom. The van der Waals surface area contributed by atoms with Crippen LogP contribution in [0.1, 0.15) is 73.6 Å². The van der Waals surface area contributed by atoms with Crippen LogP contribution in [0.4, 0.5) is 4.79 Å². The van der Waals surface area contributed by atoms with E-state index in [4.69, 9.17) is 4.74 Å². The molecular weight excluding hydrogens is 250 g/mol. The summed E-state index contributed by atoms with van der Waals surface area (Å²) in [5, 5.41) is 0. The van der Waals surface area contributed by atoms with Crippen LogP contribution in [0.3, 0.4) is 0 Å². The second-order valence-corrected chi connectivity index (χ2v) is 8.53. The Morgan fingerprint density at radius 2 is 1.55 bits per heavy atom. The maximum absolute atomic E-state index is 12.1. The molecule has 1 amide bonds. The molecule has 118 valence electrons. The Hall–Kier alpha value is -0.730. The largest absolute Gasteiger partial charge is 0.444 e. The molecule has 0 heterocycles. The first-order chi connectivity index (χ1) is 8.98. The average molecular weight is 283 g/mol. The summed E-state index contributed by atoms with van der Waals surface area (Å²) in [6.45, 7) is 12.7. The minimum Gasteiger partial charge on any atom is -0.444 e. The van der Waals surface area contributed by atoms with Crippen molar-refractivity contribution in [2.45, 2.75) is 85.3 Å². The fraction of sp³-hybridized carbons (Fsp3) is 0.941. The molecule has 1 aliphatic rings. The molecule has 0 saturated heterocycles. The molecule has 0 aromatic rings. The molecule has 0 spiro atoms. The zero-order chi connectivity index (χ0) is 15.6. The van der Waals surface area contributed by atoms with Crippen LogP contribution in [-0.4, -0.2) is 29.7 Å². The van der Waals surface area contributed by atoms with Crippen LogP contribution >= 0.6 is 0 Å². The summed E-state index contributed by atoms with van der Waals surface area (Å²) in [7, 11) is 1.88. The highest BCUT2D eigenvalue weighted by atomic mass is 16.6. The standard InChI is InChI=1S/C17H33NO2/c1-16(2,3)12-13-8-10-14(11-9-13)18(7)15(19)20-17(4,5)6/h13-14H,8-12H2,1-7H3/t13-,14+. The van der Waals surface area contributed by atoms with Gasteiger partial charge in [-0.1, -0.05) is 20.8 Å². The van der Waals surface area contributed by atoms with Crippen LogP contribution in [-0.2, 0) is 4.74 Å². The van der Waals surface area contributed by atoms with E-state index in [2.05, 4.69) is 20.8 Å². The predicted octanol–water partition coefficient (Wildman–Crippen LogP) is 4.85. The van der Waals surface area contributed by atoms with Gasteiger partial charge in [0.25, 0.3) is 0 Å². The summed E-state index contributed by atoms with van der Waals surface area (Å²) in [6, 6.07) is 0.348. The molecule has 0 atom stereocenters. The molecule has 0 aromatic carbocycles. The molecule has 0 radical (unpaired) electrons. The van der Waals surface area contributed by atoms with Crippen LogP contribution in [0.2, 0.25) is 0 Å². The molecule has 0 unspecified atom stereocenters. The zero-order valence-electron chi connectivity index (χ0n) is 14.5. The Kier molecular flexibility index (Phi) is 5.51. The van der Waals surface area contributed by atoms with Crippen LogP contribution in [0.5, 0.6) is 0 Å². The minimum absolute atomic E-state index is 0.184. The molecular formula is C17H33NO2. The van der Waals surface area contributed by atoms with E-state index in [-0.39, 0.29) is 6.09 Å². The smallest absolute Gasteiger partial charge is 0.410 e. The molecule has 1 saturated carbocycles. The second-order valence-electron chi connectivity index (χ2n) is 8.53. The molecule has 0 bridgehead atoms. The van der Waals surface area contributed by atoms with Gasteiger partial charge >= 0.3 is 6.09 Å². The van der Waals surface area contributed by atoms with Gasteiger partial charge < -0.3 is 9.64 Å². The number of ether oxygens (including phenoxy) is 1. The van der Waals surface area contributed by atoms with Crippen LogP contribution in [0.25, 0.3) is 0 Å². The number of hydrogen-bond acceptors (Lipinski definition) is 2. The quantitative estimate of drug-likeness (QED) is 0.725. The topological polar surface area (TPSA) is 29.5 Å². The lowest BCUT2D eigenvalue weighted by atomic mass is 9.76. The highest BCUT2D eigenvalue weighted by molar-refractivity contribution is 5.68. The highest BCUT2D eigenvalue weighted by Crippen LogP contribution is 2.35. The molecule has 1 rings (SSSR count). The van der Waals surface area contributed by atoms with Crippen molar-refractivity contribution in [3.8, 4) is 0 Å². The number of carbonyl (C=O) groups is 1. The van der Waals surface area contributed by atoms with Crippen molar-refractivity contribution >= 4 is 6.09 Å². The number of hydrogen-bond donors (Lipinski definition) is 0. The Bertz CT molecular complexity index is 317. The van der Waals surface area contributed by atoms with Crippen LogP contribution < -0.4 is 0 Å². The molecule has 1 aliphatic carbocycles. The molecule has 3 heteroatoms. The SMILES string of the molecule is CN(C(=O)OC(C)(C)C)[C@H]1CC[C@@H](CC(C)(C)C)CC1. The van der Waals surface area contributed by atoms with Crippen LogP contribution in [0.15, 0.2) is 0 Å². The van der Waals surface area contributed by atoms with E-state index >= 15 is 0 Å². The Labute approximate surface area is 125 Å². The van der Waals surface area contributed by atoms with Gasteiger partial charge in [-0.3, -0.25) is 0 Å². The number of nitrogens with zero attached hydrogens (tertiary/aromatic N) is 1. The molecule has 0 N–H and O–H groups in total. The first kappa shape index (κ1) is 17.3. The fourth-order valence-electron chi connectivity index (χ4n) is 3.09. The van der Waals surface area contributed by atoms with Crippen molar-refractivity contribution in [1.82, 2.24) is 4.90 Å². The van der Waals surface area contributed by atoms with Gasteiger partial charge in [-0.15, -0.1) is 0 Å². The first-order valence-electron chi connectivity index (χ1n) is 7.94. The summed E-state index contributed by atoms with van der Waals surface area (Å²) in [6.07, 6.45) is 5.78. The van der Waals surface area contributed by atoms with E-state index in [1.54, 1.807) is 4.90 Å². The van der Waals surface area contributed by atoms with Crippen molar-refractivity contribution < 1.29 is 9.53 Å². The van der Waals surface area contributed by atoms with Crippen molar-refractivity contribution in [1.29, 1.82) is 0 Å². The van der Waals surface area contributed by atoms with Gasteiger partial charge in [-0.2, -0.15) is 0 Å². The summed E-state index contributed by atoms with van der Waals surface area (Å²) < 4.78 is 5.45. The third kappa shape index (κ3) is 6.15.